The van der Waals surface area contributed by atoms with E-state index in [1.807, 2.05) is 30.8 Å². The van der Waals surface area contributed by atoms with Crippen LogP contribution in [0.2, 0.25) is 0 Å². The summed E-state index contributed by atoms with van der Waals surface area (Å²) >= 11 is 1.70. The number of hydrogen-bond acceptors (Lipinski definition) is 3. The zero-order valence-electron chi connectivity index (χ0n) is 8.84. The molecule has 2 nitrogen and oxygen atoms in total. The SMILES string of the molecule is CNCc1scnc1-c1ccccc1.Cl.Cl. The monoisotopic (exact) mass is 276 g/mol. The van der Waals surface area contributed by atoms with Crippen molar-refractivity contribution in [2.75, 3.05) is 7.05 Å². The average molecular weight is 277 g/mol. The van der Waals surface area contributed by atoms with Crippen LogP contribution in [0.3, 0.4) is 0 Å². The molecular formula is C11H14Cl2N2S. The summed E-state index contributed by atoms with van der Waals surface area (Å²) < 4.78 is 0. The fraction of sp³-hybridized carbons (Fsp3) is 0.182. The maximum Gasteiger partial charge on any atom is 0.0856 e. The number of nitrogens with zero attached hydrogens (tertiary/aromatic N) is 1. The minimum absolute atomic E-state index is 0. The lowest BCUT2D eigenvalue weighted by molar-refractivity contribution is 0.831. The van der Waals surface area contributed by atoms with E-state index in [1.165, 1.54) is 10.4 Å². The summed E-state index contributed by atoms with van der Waals surface area (Å²) in [5, 5.41) is 3.15. The molecule has 2 rings (SSSR count). The molecule has 1 aromatic carbocycles. The van der Waals surface area contributed by atoms with E-state index in [9.17, 15) is 0 Å². The fourth-order valence-corrected chi connectivity index (χ4v) is 2.18. The number of nitrogens with one attached hydrogen (secondary N) is 1. The molecule has 0 bridgehead atoms. The van der Waals surface area contributed by atoms with Crippen LogP contribution in [0.25, 0.3) is 11.3 Å². The van der Waals surface area contributed by atoms with E-state index in [1.54, 1.807) is 11.3 Å². The van der Waals surface area contributed by atoms with Crippen molar-refractivity contribution in [2.24, 2.45) is 0 Å². The molecule has 0 saturated carbocycles. The first kappa shape index (κ1) is 15.4. The quantitative estimate of drug-likeness (QED) is 0.930. The maximum atomic E-state index is 4.38. The Morgan fingerprint density at radius 2 is 1.88 bits per heavy atom. The van der Waals surface area contributed by atoms with Gasteiger partial charge in [0.1, 0.15) is 0 Å². The van der Waals surface area contributed by atoms with Crippen LogP contribution < -0.4 is 5.32 Å². The second-order valence-electron chi connectivity index (χ2n) is 3.02. The zero-order valence-corrected chi connectivity index (χ0v) is 11.3. The summed E-state index contributed by atoms with van der Waals surface area (Å²) in [6, 6.07) is 10.3. The third-order valence-corrected chi connectivity index (χ3v) is 2.86. The Bertz CT molecular complexity index is 403. The molecule has 0 fully saturated rings. The number of benzene rings is 1. The van der Waals surface area contributed by atoms with Crippen LogP contribution in [0.5, 0.6) is 0 Å². The first-order valence-electron chi connectivity index (χ1n) is 4.54. The average Bonchev–Trinajstić information content (AvgIpc) is 2.68. The number of rotatable bonds is 3. The van der Waals surface area contributed by atoms with Crippen molar-refractivity contribution in [1.29, 1.82) is 0 Å². The Morgan fingerprint density at radius 3 is 2.50 bits per heavy atom. The summed E-state index contributed by atoms with van der Waals surface area (Å²) in [5.41, 5.74) is 4.19. The molecule has 0 saturated heterocycles. The van der Waals surface area contributed by atoms with Gasteiger partial charge in [-0.3, -0.25) is 0 Å². The highest BCUT2D eigenvalue weighted by Crippen LogP contribution is 2.24. The van der Waals surface area contributed by atoms with Gasteiger partial charge in [0.05, 0.1) is 11.2 Å². The Balaban J connectivity index is 0.00000112. The van der Waals surface area contributed by atoms with Crippen molar-refractivity contribution < 1.29 is 0 Å². The Labute approximate surface area is 112 Å². The van der Waals surface area contributed by atoms with Crippen molar-refractivity contribution in [1.82, 2.24) is 10.3 Å². The second kappa shape index (κ2) is 7.63. The molecule has 0 atom stereocenters. The molecule has 5 heteroatoms. The predicted molar refractivity (Wildman–Crippen MR) is 74.8 cm³/mol. The van der Waals surface area contributed by atoms with Gasteiger partial charge in [-0.15, -0.1) is 36.2 Å². The van der Waals surface area contributed by atoms with Crippen LogP contribution in [0, 0.1) is 0 Å². The zero-order chi connectivity index (χ0) is 9.80. The molecule has 2 aromatic rings. The van der Waals surface area contributed by atoms with Crippen molar-refractivity contribution in [3.8, 4) is 11.3 Å². The fourth-order valence-electron chi connectivity index (χ4n) is 1.39. The van der Waals surface area contributed by atoms with E-state index in [-0.39, 0.29) is 24.8 Å². The first-order valence-corrected chi connectivity index (χ1v) is 5.42. The Hall–Kier alpha value is -0.610. The van der Waals surface area contributed by atoms with Gasteiger partial charge in [0.2, 0.25) is 0 Å². The topological polar surface area (TPSA) is 24.9 Å². The van der Waals surface area contributed by atoms with Crippen LogP contribution in [0.15, 0.2) is 35.8 Å². The third kappa shape index (κ3) is 3.46. The Kier molecular flexibility index (Phi) is 7.34. The molecule has 0 amide bonds. The summed E-state index contributed by atoms with van der Waals surface area (Å²) in [4.78, 5) is 5.67. The maximum absolute atomic E-state index is 4.38. The highest BCUT2D eigenvalue weighted by molar-refractivity contribution is 7.10. The number of halogens is 2. The molecule has 16 heavy (non-hydrogen) atoms. The highest BCUT2D eigenvalue weighted by Gasteiger charge is 2.06. The van der Waals surface area contributed by atoms with Crippen LogP contribution in [0.4, 0.5) is 0 Å². The van der Waals surface area contributed by atoms with Gasteiger partial charge in [0.15, 0.2) is 0 Å². The standard InChI is InChI=1S/C11H12N2S.2ClH/c1-12-7-10-11(13-8-14-10)9-5-3-2-4-6-9;;/h2-6,8,12H,7H2,1H3;2*1H. The second-order valence-corrected chi connectivity index (χ2v) is 3.96. The molecule has 0 aliphatic rings. The number of thiazole rings is 1. The molecule has 88 valence electrons. The lowest BCUT2D eigenvalue weighted by Gasteiger charge is -2.00. The van der Waals surface area contributed by atoms with Crippen molar-refractivity contribution in [3.63, 3.8) is 0 Å². The van der Waals surface area contributed by atoms with Crippen molar-refractivity contribution in [2.45, 2.75) is 6.54 Å². The smallest absolute Gasteiger partial charge is 0.0856 e. The third-order valence-electron chi connectivity index (χ3n) is 2.03. The van der Waals surface area contributed by atoms with Crippen LogP contribution in [-0.4, -0.2) is 12.0 Å². The minimum Gasteiger partial charge on any atom is -0.315 e. The van der Waals surface area contributed by atoms with Crippen LogP contribution in [-0.2, 0) is 6.54 Å². The molecular weight excluding hydrogens is 263 g/mol. The lowest BCUT2D eigenvalue weighted by atomic mass is 10.1. The van der Waals surface area contributed by atoms with E-state index >= 15 is 0 Å². The molecule has 0 aliphatic carbocycles. The first-order chi connectivity index (χ1) is 6.92. The molecule has 0 radical (unpaired) electrons. The van der Waals surface area contributed by atoms with Gasteiger partial charge in [-0.1, -0.05) is 30.3 Å². The minimum atomic E-state index is 0. The molecule has 0 spiro atoms. The summed E-state index contributed by atoms with van der Waals surface area (Å²) in [6.45, 7) is 0.884. The van der Waals surface area contributed by atoms with Gasteiger partial charge in [-0.2, -0.15) is 0 Å². The normalized spacial score (nSPS) is 9.06. The predicted octanol–water partition coefficient (Wildman–Crippen LogP) is 3.37. The van der Waals surface area contributed by atoms with E-state index in [4.69, 9.17) is 0 Å². The van der Waals surface area contributed by atoms with E-state index < -0.39 is 0 Å². The van der Waals surface area contributed by atoms with Crippen LogP contribution >= 0.6 is 36.2 Å². The van der Waals surface area contributed by atoms with Gasteiger partial charge in [-0.05, 0) is 7.05 Å². The van der Waals surface area contributed by atoms with Crippen molar-refractivity contribution >= 4 is 36.2 Å². The lowest BCUT2D eigenvalue weighted by Crippen LogP contribution is -2.04. The van der Waals surface area contributed by atoms with Gasteiger partial charge in [0, 0.05) is 17.0 Å². The Morgan fingerprint density at radius 1 is 1.19 bits per heavy atom. The molecule has 1 heterocycles. The summed E-state index contributed by atoms with van der Waals surface area (Å²) in [6.07, 6.45) is 0. The number of aromatic nitrogens is 1. The van der Waals surface area contributed by atoms with Gasteiger partial charge in [-0.25, -0.2) is 4.98 Å². The molecule has 0 unspecified atom stereocenters. The van der Waals surface area contributed by atoms with Gasteiger partial charge < -0.3 is 5.32 Å². The van der Waals surface area contributed by atoms with Crippen molar-refractivity contribution in [3.05, 3.63) is 40.7 Å². The molecule has 0 aliphatic heterocycles. The summed E-state index contributed by atoms with van der Waals surface area (Å²) in [7, 11) is 1.95. The molecule has 1 aromatic heterocycles. The van der Waals surface area contributed by atoms with Gasteiger partial charge in [0.25, 0.3) is 0 Å². The van der Waals surface area contributed by atoms with E-state index in [0.29, 0.717) is 0 Å². The molecule has 1 N–H and O–H groups in total. The van der Waals surface area contributed by atoms with Gasteiger partial charge >= 0.3 is 0 Å². The van der Waals surface area contributed by atoms with Crippen LogP contribution in [0.1, 0.15) is 4.88 Å². The van der Waals surface area contributed by atoms with E-state index in [0.717, 1.165) is 12.2 Å². The highest BCUT2D eigenvalue weighted by atomic mass is 35.5. The largest absolute Gasteiger partial charge is 0.315 e. The summed E-state index contributed by atoms with van der Waals surface area (Å²) in [5.74, 6) is 0. The number of hydrogen-bond donors (Lipinski definition) is 1. The van der Waals surface area contributed by atoms with E-state index in [2.05, 4.69) is 22.4 Å².